The van der Waals surface area contributed by atoms with Crippen LogP contribution in [-0.4, -0.2) is 22.0 Å². The maximum Gasteiger partial charge on any atom is 0.180 e. The number of pyridine rings is 1. The normalized spacial score (nSPS) is 10.4. The molecule has 0 atom stereocenters. The van der Waals surface area contributed by atoms with Gasteiger partial charge in [0.05, 0.1) is 10.2 Å². The molecule has 0 saturated carbocycles. The van der Waals surface area contributed by atoms with Gasteiger partial charge < -0.3 is 5.32 Å². The van der Waals surface area contributed by atoms with Crippen LogP contribution in [0.4, 0.5) is 5.82 Å². The average molecular weight is 341 g/mol. The van der Waals surface area contributed by atoms with E-state index >= 15 is 0 Å². The molecule has 0 aliphatic carbocycles. The average Bonchev–Trinajstić information content (AvgIpc) is 2.56. The molecule has 0 aliphatic rings. The first-order valence-corrected chi connectivity index (χ1v) is 7.31. The number of hydrogen-bond acceptors (Lipinski definition) is 4. The minimum Gasteiger partial charge on any atom is -0.372 e. The Labute approximate surface area is 131 Å². The molecule has 2 heterocycles. The molecule has 5 heteroatoms. The summed E-state index contributed by atoms with van der Waals surface area (Å²) in [4.78, 5) is 13.5. The standard InChI is InChI=1S/C16H13BrN4/c1-18-16-13(17)14(11-7-3-2-4-8-11)20-15(21-16)12-9-5-6-10-19-12/h2-10H,1H3,(H,18,20,21). The Morgan fingerprint density at radius 3 is 2.38 bits per heavy atom. The number of nitrogens with zero attached hydrogens (tertiary/aromatic N) is 3. The Morgan fingerprint density at radius 2 is 1.71 bits per heavy atom. The smallest absolute Gasteiger partial charge is 0.180 e. The molecule has 4 nitrogen and oxygen atoms in total. The number of aromatic nitrogens is 3. The van der Waals surface area contributed by atoms with Crippen molar-refractivity contribution in [1.82, 2.24) is 15.0 Å². The van der Waals surface area contributed by atoms with Gasteiger partial charge in [-0.2, -0.15) is 0 Å². The van der Waals surface area contributed by atoms with Crippen LogP contribution in [0.3, 0.4) is 0 Å². The molecule has 0 fully saturated rings. The molecule has 0 saturated heterocycles. The third-order valence-corrected chi connectivity index (χ3v) is 3.78. The molecular weight excluding hydrogens is 328 g/mol. The van der Waals surface area contributed by atoms with Gasteiger partial charge in [-0.25, -0.2) is 9.97 Å². The van der Waals surface area contributed by atoms with Crippen molar-refractivity contribution in [2.24, 2.45) is 0 Å². The zero-order valence-corrected chi connectivity index (χ0v) is 13.0. The molecule has 0 spiro atoms. The van der Waals surface area contributed by atoms with Crippen LogP contribution in [0, 0.1) is 0 Å². The van der Waals surface area contributed by atoms with E-state index in [9.17, 15) is 0 Å². The molecule has 2 aromatic heterocycles. The third-order valence-electron chi connectivity index (χ3n) is 3.03. The van der Waals surface area contributed by atoms with Gasteiger partial charge in [-0.3, -0.25) is 4.98 Å². The van der Waals surface area contributed by atoms with Gasteiger partial charge in [-0.05, 0) is 28.1 Å². The maximum atomic E-state index is 4.66. The Kier molecular flexibility index (Phi) is 3.92. The van der Waals surface area contributed by atoms with Crippen molar-refractivity contribution in [2.75, 3.05) is 12.4 Å². The lowest BCUT2D eigenvalue weighted by Gasteiger charge is -2.11. The van der Waals surface area contributed by atoms with E-state index in [0.717, 1.165) is 27.2 Å². The summed E-state index contributed by atoms with van der Waals surface area (Å²) in [5.41, 5.74) is 2.62. The number of rotatable bonds is 3. The fraction of sp³-hybridized carbons (Fsp3) is 0.0625. The molecular formula is C16H13BrN4. The zero-order valence-electron chi connectivity index (χ0n) is 11.4. The molecule has 1 aromatic carbocycles. The number of hydrogen-bond donors (Lipinski definition) is 1. The molecule has 104 valence electrons. The van der Waals surface area contributed by atoms with Gasteiger partial charge in [0, 0.05) is 18.8 Å². The number of benzene rings is 1. The third kappa shape index (κ3) is 2.78. The molecule has 0 bridgehead atoms. The summed E-state index contributed by atoms with van der Waals surface area (Å²) in [6, 6.07) is 15.7. The van der Waals surface area contributed by atoms with Crippen molar-refractivity contribution in [3.05, 3.63) is 59.2 Å². The highest BCUT2D eigenvalue weighted by Crippen LogP contribution is 2.33. The SMILES string of the molecule is CNc1nc(-c2ccccn2)nc(-c2ccccc2)c1Br. The van der Waals surface area contributed by atoms with Gasteiger partial charge in [0.1, 0.15) is 11.5 Å². The Balaban J connectivity index is 2.21. The molecule has 0 radical (unpaired) electrons. The van der Waals surface area contributed by atoms with Crippen LogP contribution >= 0.6 is 15.9 Å². The maximum absolute atomic E-state index is 4.66. The number of nitrogens with one attached hydrogen (secondary N) is 1. The fourth-order valence-electron chi connectivity index (χ4n) is 2.01. The van der Waals surface area contributed by atoms with Gasteiger partial charge in [0.15, 0.2) is 5.82 Å². The van der Waals surface area contributed by atoms with E-state index in [4.69, 9.17) is 0 Å². The fourth-order valence-corrected chi connectivity index (χ4v) is 2.61. The minimum atomic E-state index is 0.599. The molecule has 3 rings (SSSR count). The number of halogens is 1. The highest BCUT2D eigenvalue weighted by molar-refractivity contribution is 9.10. The predicted octanol–water partition coefficient (Wildman–Crippen LogP) is 4.01. The van der Waals surface area contributed by atoms with Crippen LogP contribution in [0.25, 0.3) is 22.8 Å². The monoisotopic (exact) mass is 340 g/mol. The first-order chi connectivity index (χ1) is 10.3. The van der Waals surface area contributed by atoms with Crippen LogP contribution in [0.2, 0.25) is 0 Å². The first kappa shape index (κ1) is 13.7. The summed E-state index contributed by atoms with van der Waals surface area (Å²) < 4.78 is 0.843. The van der Waals surface area contributed by atoms with E-state index in [0.29, 0.717) is 5.82 Å². The molecule has 0 aliphatic heterocycles. The van der Waals surface area contributed by atoms with E-state index in [1.54, 1.807) is 6.20 Å². The topological polar surface area (TPSA) is 50.7 Å². The Bertz CT molecular complexity index is 745. The second-order valence-electron chi connectivity index (χ2n) is 4.39. The van der Waals surface area contributed by atoms with Crippen molar-refractivity contribution in [3.8, 4) is 22.8 Å². The molecule has 1 N–H and O–H groups in total. The summed E-state index contributed by atoms with van der Waals surface area (Å²) in [6.07, 6.45) is 1.74. The largest absolute Gasteiger partial charge is 0.372 e. The van der Waals surface area contributed by atoms with Crippen molar-refractivity contribution in [2.45, 2.75) is 0 Å². The van der Waals surface area contributed by atoms with Gasteiger partial charge in [0.25, 0.3) is 0 Å². The van der Waals surface area contributed by atoms with Crippen molar-refractivity contribution < 1.29 is 0 Å². The molecule has 0 unspecified atom stereocenters. The van der Waals surface area contributed by atoms with Crippen molar-refractivity contribution in [3.63, 3.8) is 0 Å². The lowest BCUT2D eigenvalue weighted by molar-refractivity contribution is 1.13. The highest BCUT2D eigenvalue weighted by Gasteiger charge is 2.14. The van der Waals surface area contributed by atoms with Crippen LogP contribution in [0.15, 0.2) is 59.2 Å². The Morgan fingerprint density at radius 1 is 0.952 bits per heavy atom. The summed E-state index contributed by atoms with van der Waals surface area (Å²) in [5, 5.41) is 3.09. The second kappa shape index (κ2) is 6.01. The van der Waals surface area contributed by atoms with E-state index < -0.39 is 0 Å². The summed E-state index contributed by atoms with van der Waals surface area (Å²) in [7, 11) is 1.84. The van der Waals surface area contributed by atoms with Crippen molar-refractivity contribution >= 4 is 21.7 Å². The van der Waals surface area contributed by atoms with E-state index in [1.165, 1.54) is 0 Å². The van der Waals surface area contributed by atoms with Crippen LogP contribution < -0.4 is 5.32 Å². The first-order valence-electron chi connectivity index (χ1n) is 6.51. The highest BCUT2D eigenvalue weighted by atomic mass is 79.9. The van der Waals surface area contributed by atoms with E-state index in [-0.39, 0.29) is 0 Å². The van der Waals surface area contributed by atoms with Gasteiger partial charge >= 0.3 is 0 Å². The zero-order chi connectivity index (χ0) is 14.7. The summed E-state index contributed by atoms with van der Waals surface area (Å²) in [6.45, 7) is 0. The quantitative estimate of drug-likeness (QED) is 0.782. The predicted molar refractivity (Wildman–Crippen MR) is 87.9 cm³/mol. The van der Waals surface area contributed by atoms with Crippen LogP contribution in [0.5, 0.6) is 0 Å². The molecule has 21 heavy (non-hydrogen) atoms. The summed E-state index contributed by atoms with van der Waals surface area (Å²) in [5.74, 6) is 1.34. The number of anilines is 1. The van der Waals surface area contributed by atoms with Crippen LogP contribution in [-0.2, 0) is 0 Å². The van der Waals surface area contributed by atoms with E-state index in [1.807, 2.05) is 55.6 Å². The van der Waals surface area contributed by atoms with Gasteiger partial charge in [0.2, 0.25) is 0 Å². The minimum absolute atomic E-state index is 0.599. The van der Waals surface area contributed by atoms with Gasteiger partial charge in [-0.1, -0.05) is 36.4 Å². The van der Waals surface area contributed by atoms with E-state index in [2.05, 4.69) is 36.2 Å². The Hall–Kier alpha value is -2.27. The van der Waals surface area contributed by atoms with Crippen molar-refractivity contribution in [1.29, 1.82) is 0 Å². The molecule has 0 amide bonds. The second-order valence-corrected chi connectivity index (χ2v) is 5.18. The molecule has 3 aromatic rings. The lowest BCUT2D eigenvalue weighted by atomic mass is 10.1. The van der Waals surface area contributed by atoms with Crippen LogP contribution in [0.1, 0.15) is 0 Å². The summed E-state index contributed by atoms with van der Waals surface area (Å²) >= 11 is 3.58. The van der Waals surface area contributed by atoms with Gasteiger partial charge in [-0.15, -0.1) is 0 Å². The lowest BCUT2D eigenvalue weighted by Crippen LogP contribution is -2.01.